The largest absolute Gasteiger partial charge is 0.432 e. The van der Waals surface area contributed by atoms with Crippen LogP contribution >= 0.6 is 11.8 Å². The lowest BCUT2D eigenvalue weighted by atomic mass is 9.58. The molecule has 0 N–H and O–H groups in total. The minimum Gasteiger partial charge on any atom is -0.432 e. The van der Waals surface area contributed by atoms with E-state index in [1.807, 2.05) is 58.0 Å². The Morgan fingerprint density at radius 3 is 1.89 bits per heavy atom. The molecule has 2 saturated carbocycles. The van der Waals surface area contributed by atoms with E-state index in [9.17, 15) is 9.59 Å². The predicted octanol–water partition coefficient (Wildman–Crippen LogP) is 6.70. The summed E-state index contributed by atoms with van der Waals surface area (Å²) in [4.78, 5) is 49.9. The van der Waals surface area contributed by atoms with E-state index in [1.165, 1.54) is 0 Å². The molecule has 1 aromatic carbocycles. The molecule has 10 nitrogen and oxygen atoms in total. The number of benzene rings is 1. The smallest absolute Gasteiger partial charge is 0.325 e. The number of ether oxygens (including phenoxy) is 4. The molecule has 258 valence electrons. The fourth-order valence-corrected chi connectivity index (χ4v) is 11.7. The highest BCUT2D eigenvalue weighted by molar-refractivity contribution is 8.01. The van der Waals surface area contributed by atoms with Gasteiger partial charge in [0.2, 0.25) is 24.2 Å². The normalized spacial score (nSPS) is 52.4. The minimum absolute atomic E-state index is 0.0368. The Labute approximate surface area is 281 Å². The maximum atomic E-state index is 13.2. The Hall–Kier alpha value is -1.73. The minimum atomic E-state index is -0.849. The molecule has 2 spiro atoms. The molecule has 47 heavy (non-hydrogen) atoms. The highest BCUT2D eigenvalue weighted by Gasteiger charge is 2.74. The van der Waals surface area contributed by atoms with Crippen LogP contribution < -0.4 is 0 Å². The van der Waals surface area contributed by atoms with Crippen molar-refractivity contribution in [2.45, 2.75) is 138 Å². The van der Waals surface area contributed by atoms with Crippen LogP contribution in [0, 0.1) is 41.4 Å². The van der Waals surface area contributed by atoms with Crippen molar-refractivity contribution in [2.24, 2.45) is 41.4 Å². The molecular weight excluding hydrogens is 624 g/mol. The number of carbonyl (C=O) groups excluding carboxylic acids is 2. The van der Waals surface area contributed by atoms with Crippen molar-refractivity contribution >= 4 is 23.7 Å². The molecule has 0 radical (unpaired) electrons. The third-order valence-corrected chi connectivity index (χ3v) is 14.4. The standard InChI is InChI=1S/C21H26O5S.C15H22O5/c1-13-9-10-16-20(3,27-14-7-5-4-6-8-14)17(22)23-18-21(16)15(13)11-12-19(2,24-18)25-26-21;1-8-4-5-11-9(2)12(16)17-13-15(11)10(8)6-7-14(3,18-13)19-20-15/h4-8,13,15-16,18H,9-12H2,1-3H3;8-11,13H,4-7H2,1-3H3/t13-,15+,16+,18?,19?,20-,21?;8-,9-,10+,11+,13?,14?,15?/m11/s1. The van der Waals surface area contributed by atoms with Gasteiger partial charge in [-0.1, -0.05) is 39.0 Å². The van der Waals surface area contributed by atoms with Gasteiger partial charge in [0.05, 0.1) is 5.92 Å². The Balaban J connectivity index is 0.000000144. The lowest BCUT2D eigenvalue weighted by Crippen LogP contribution is -2.73. The molecule has 0 amide bonds. The fourth-order valence-electron chi connectivity index (χ4n) is 10.4. The van der Waals surface area contributed by atoms with Crippen molar-refractivity contribution in [2.75, 3.05) is 0 Å². The van der Waals surface area contributed by atoms with Gasteiger partial charge in [-0.05, 0) is 83.3 Å². The van der Waals surface area contributed by atoms with Gasteiger partial charge in [-0.25, -0.2) is 19.6 Å². The number of rotatable bonds is 2. The van der Waals surface area contributed by atoms with Crippen molar-refractivity contribution in [1.82, 2.24) is 0 Å². The van der Waals surface area contributed by atoms with Crippen LogP contribution in [0.2, 0.25) is 0 Å². The van der Waals surface area contributed by atoms with Crippen molar-refractivity contribution in [3.63, 3.8) is 0 Å². The first kappa shape index (κ1) is 32.5. The molecule has 10 fully saturated rings. The van der Waals surface area contributed by atoms with Crippen LogP contribution in [0.4, 0.5) is 0 Å². The third kappa shape index (κ3) is 4.73. The van der Waals surface area contributed by atoms with E-state index < -0.39 is 40.1 Å². The summed E-state index contributed by atoms with van der Waals surface area (Å²) >= 11 is 1.57. The van der Waals surface area contributed by atoms with E-state index in [2.05, 4.69) is 13.8 Å². The molecule has 4 bridgehead atoms. The first-order valence-electron chi connectivity index (χ1n) is 17.6. The van der Waals surface area contributed by atoms with Crippen LogP contribution in [0.25, 0.3) is 0 Å². The van der Waals surface area contributed by atoms with Gasteiger partial charge in [-0.15, -0.1) is 11.8 Å². The molecule has 14 atom stereocenters. The molecule has 11 rings (SSSR count). The van der Waals surface area contributed by atoms with E-state index in [0.29, 0.717) is 17.8 Å². The topological polar surface area (TPSA) is 108 Å². The average molecular weight is 673 g/mol. The number of carbonyl (C=O) groups is 2. The summed E-state index contributed by atoms with van der Waals surface area (Å²) in [6.07, 6.45) is 6.20. The zero-order valence-electron chi connectivity index (χ0n) is 28.2. The second kappa shape index (κ2) is 11.1. The molecular formula is C36H48O10S. The molecule has 11 heteroatoms. The molecule has 10 aliphatic rings. The van der Waals surface area contributed by atoms with E-state index >= 15 is 0 Å². The molecule has 8 heterocycles. The zero-order valence-corrected chi connectivity index (χ0v) is 29.0. The summed E-state index contributed by atoms with van der Waals surface area (Å²) in [5, 5.41) is 0. The van der Waals surface area contributed by atoms with E-state index in [1.54, 1.807) is 11.8 Å². The van der Waals surface area contributed by atoms with Gasteiger partial charge in [0.15, 0.2) is 11.2 Å². The Morgan fingerprint density at radius 2 is 1.23 bits per heavy atom. The average Bonchev–Trinajstić information content (AvgIpc) is 3.41. The molecule has 2 aliphatic carbocycles. The van der Waals surface area contributed by atoms with Gasteiger partial charge in [0, 0.05) is 41.4 Å². The Bertz CT molecular complexity index is 1410. The third-order valence-electron chi connectivity index (χ3n) is 13.0. The highest BCUT2D eigenvalue weighted by atomic mass is 32.2. The summed E-state index contributed by atoms with van der Waals surface area (Å²) in [7, 11) is 0. The highest BCUT2D eigenvalue weighted by Crippen LogP contribution is 2.64. The van der Waals surface area contributed by atoms with Gasteiger partial charge in [0.25, 0.3) is 0 Å². The van der Waals surface area contributed by atoms with E-state index in [-0.39, 0.29) is 35.6 Å². The number of fused-ring (bicyclic) bond motifs is 4. The summed E-state index contributed by atoms with van der Waals surface area (Å²) in [5.74, 6) is -0.524. The van der Waals surface area contributed by atoms with Crippen LogP contribution in [0.15, 0.2) is 35.2 Å². The van der Waals surface area contributed by atoms with Crippen LogP contribution in [-0.2, 0) is 48.1 Å². The second-order valence-corrected chi connectivity index (χ2v) is 17.4. The summed E-state index contributed by atoms with van der Waals surface area (Å²) in [6.45, 7) is 12.2. The lowest BCUT2D eigenvalue weighted by molar-refractivity contribution is -0.559. The van der Waals surface area contributed by atoms with Crippen molar-refractivity contribution in [1.29, 1.82) is 0 Å². The lowest BCUT2D eigenvalue weighted by Gasteiger charge is -2.60. The fraction of sp³-hybridized carbons (Fsp3) is 0.778. The van der Waals surface area contributed by atoms with Crippen molar-refractivity contribution in [3.8, 4) is 0 Å². The molecule has 8 aliphatic heterocycles. The van der Waals surface area contributed by atoms with Crippen molar-refractivity contribution in [3.05, 3.63) is 30.3 Å². The predicted molar refractivity (Wildman–Crippen MR) is 168 cm³/mol. The quantitative estimate of drug-likeness (QED) is 0.247. The van der Waals surface area contributed by atoms with Gasteiger partial charge < -0.3 is 18.9 Å². The van der Waals surface area contributed by atoms with Gasteiger partial charge in [-0.3, -0.25) is 9.59 Å². The zero-order chi connectivity index (χ0) is 33.0. The monoisotopic (exact) mass is 672 g/mol. The first-order valence-corrected chi connectivity index (χ1v) is 18.4. The van der Waals surface area contributed by atoms with Crippen LogP contribution in [0.3, 0.4) is 0 Å². The van der Waals surface area contributed by atoms with Crippen LogP contribution in [0.5, 0.6) is 0 Å². The maximum absolute atomic E-state index is 13.2. The number of thioether (sulfide) groups is 1. The van der Waals surface area contributed by atoms with E-state index in [0.717, 1.165) is 56.3 Å². The van der Waals surface area contributed by atoms with Gasteiger partial charge in [0.1, 0.15) is 4.75 Å². The molecule has 1 aromatic rings. The molecule has 8 saturated heterocycles. The molecule has 6 unspecified atom stereocenters. The van der Waals surface area contributed by atoms with Crippen LogP contribution in [0.1, 0.15) is 92.9 Å². The Morgan fingerprint density at radius 1 is 0.660 bits per heavy atom. The van der Waals surface area contributed by atoms with Gasteiger partial charge in [-0.2, -0.15) is 0 Å². The SMILES string of the molecule is C[C@@H]1CC[C@@H]2C34OOC(C)(CC[C@@H]13)OC4OC(=O)[C@]2(C)Sc1ccccc1.C[C@@H]1CC[C@H]2[C@@H](C)C(=O)OC3OC4(C)CC[C@@H]1C32OO4. The Kier molecular flexibility index (Phi) is 7.69. The first-order chi connectivity index (χ1) is 22.3. The molecule has 0 aromatic heterocycles. The maximum Gasteiger partial charge on any atom is 0.325 e. The second-order valence-electron chi connectivity index (χ2n) is 15.9. The summed E-state index contributed by atoms with van der Waals surface area (Å²) in [5.41, 5.74) is -1.35. The number of hydrogen-bond donors (Lipinski definition) is 0. The summed E-state index contributed by atoms with van der Waals surface area (Å²) in [6, 6.07) is 10.0. The number of esters is 2. The summed E-state index contributed by atoms with van der Waals surface area (Å²) < 4.78 is 23.0. The number of hydrogen-bond acceptors (Lipinski definition) is 11. The van der Waals surface area contributed by atoms with E-state index in [4.69, 9.17) is 38.5 Å². The van der Waals surface area contributed by atoms with Crippen LogP contribution in [-0.4, -0.2) is 52.0 Å². The van der Waals surface area contributed by atoms with Gasteiger partial charge >= 0.3 is 11.9 Å². The van der Waals surface area contributed by atoms with Crippen molar-refractivity contribution < 1.29 is 48.1 Å².